The lowest BCUT2D eigenvalue weighted by Crippen LogP contribution is -2.36. The number of halogens is 2. The Labute approximate surface area is 110 Å². The maximum absolute atomic E-state index is 12.0. The molecule has 0 radical (unpaired) electrons. The number of benzene rings is 1. The van der Waals surface area contributed by atoms with E-state index in [1.807, 2.05) is 0 Å². The van der Waals surface area contributed by atoms with Gasteiger partial charge in [0, 0.05) is 12.6 Å². The molecule has 1 N–H and O–H groups in total. The summed E-state index contributed by atoms with van der Waals surface area (Å²) in [4.78, 5) is 0. The predicted octanol–water partition coefficient (Wildman–Crippen LogP) is 2.70. The minimum absolute atomic E-state index is 0.196. The molecular formula is C14H17F2NO2. The van der Waals surface area contributed by atoms with Gasteiger partial charge in [0.1, 0.15) is 5.75 Å². The highest BCUT2D eigenvalue weighted by atomic mass is 19.3. The zero-order valence-electron chi connectivity index (χ0n) is 10.5. The molecule has 2 aliphatic rings. The fourth-order valence-electron chi connectivity index (χ4n) is 2.89. The van der Waals surface area contributed by atoms with E-state index in [9.17, 15) is 8.78 Å². The lowest BCUT2D eigenvalue weighted by Gasteiger charge is -2.20. The first kappa shape index (κ1) is 12.8. The molecule has 3 atom stereocenters. The molecule has 2 fully saturated rings. The number of ether oxygens (including phenoxy) is 2. The van der Waals surface area contributed by atoms with Crippen molar-refractivity contribution in [3.63, 3.8) is 0 Å². The van der Waals surface area contributed by atoms with Gasteiger partial charge in [0.05, 0.1) is 12.2 Å². The van der Waals surface area contributed by atoms with Crippen molar-refractivity contribution in [2.24, 2.45) is 0 Å². The summed E-state index contributed by atoms with van der Waals surface area (Å²) < 4.78 is 34.1. The molecule has 2 saturated heterocycles. The molecular weight excluding hydrogens is 252 g/mol. The summed E-state index contributed by atoms with van der Waals surface area (Å²) in [5.41, 5.74) is 1.06. The average molecular weight is 269 g/mol. The summed E-state index contributed by atoms with van der Waals surface area (Å²) in [6.45, 7) is -2.04. The number of hydrogen-bond donors (Lipinski definition) is 1. The Bertz CT molecular complexity index is 424. The highest BCUT2D eigenvalue weighted by molar-refractivity contribution is 5.27. The van der Waals surface area contributed by atoms with Crippen molar-refractivity contribution in [2.45, 2.75) is 50.7 Å². The van der Waals surface area contributed by atoms with Crippen molar-refractivity contribution in [1.29, 1.82) is 0 Å². The average Bonchev–Trinajstić information content (AvgIpc) is 2.99. The first-order chi connectivity index (χ1) is 9.20. The third kappa shape index (κ3) is 3.04. The molecule has 0 saturated carbocycles. The van der Waals surface area contributed by atoms with Crippen LogP contribution in [0.25, 0.3) is 0 Å². The van der Waals surface area contributed by atoms with E-state index in [1.165, 1.54) is 6.42 Å². The fraction of sp³-hybridized carbons (Fsp3) is 0.571. The van der Waals surface area contributed by atoms with Crippen LogP contribution < -0.4 is 10.1 Å². The summed E-state index contributed by atoms with van der Waals surface area (Å²) in [6, 6.07) is 7.18. The molecule has 5 heteroatoms. The molecule has 3 rings (SSSR count). The van der Waals surface area contributed by atoms with Crippen LogP contribution in [0.3, 0.4) is 0 Å². The first-order valence-corrected chi connectivity index (χ1v) is 6.63. The largest absolute Gasteiger partial charge is 0.435 e. The molecule has 1 aromatic carbocycles. The Morgan fingerprint density at radius 2 is 2.05 bits per heavy atom. The number of rotatable bonds is 5. The molecule has 19 heavy (non-hydrogen) atoms. The first-order valence-electron chi connectivity index (χ1n) is 6.63. The van der Waals surface area contributed by atoms with E-state index in [0.717, 1.165) is 24.9 Å². The van der Waals surface area contributed by atoms with Gasteiger partial charge in [0.2, 0.25) is 0 Å². The quantitative estimate of drug-likeness (QED) is 0.891. The zero-order valence-corrected chi connectivity index (χ0v) is 10.5. The third-order valence-electron chi connectivity index (χ3n) is 3.82. The molecule has 0 spiro atoms. The third-order valence-corrected chi connectivity index (χ3v) is 3.82. The van der Waals surface area contributed by atoms with E-state index in [-0.39, 0.29) is 5.75 Å². The van der Waals surface area contributed by atoms with Crippen molar-refractivity contribution in [3.8, 4) is 5.75 Å². The molecule has 2 aliphatic heterocycles. The topological polar surface area (TPSA) is 30.5 Å². The van der Waals surface area contributed by atoms with Crippen molar-refractivity contribution < 1.29 is 18.3 Å². The van der Waals surface area contributed by atoms with Crippen molar-refractivity contribution in [2.75, 3.05) is 0 Å². The van der Waals surface area contributed by atoms with Crippen molar-refractivity contribution >= 4 is 0 Å². The number of alkyl halides is 2. The van der Waals surface area contributed by atoms with E-state index in [0.29, 0.717) is 18.2 Å². The van der Waals surface area contributed by atoms with Crippen LogP contribution in [0.1, 0.15) is 24.8 Å². The Morgan fingerprint density at radius 3 is 2.63 bits per heavy atom. The van der Waals surface area contributed by atoms with E-state index in [2.05, 4.69) is 10.1 Å². The van der Waals surface area contributed by atoms with E-state index in [1.54, 1.807) is 24.3 Å². The highest BCUT2D eigenvalue weighted by Crippen LogP contribution is 2.34. The summed E-state index contributed by atoms with van der Waals surface area (Å²) in [7, 11) is 0. The van der Waals surface area contributed by atoms with Gasteiger partial charge in [0.25, 0.3) is 0 Å². The Hall–Kier alpha value is -1.20. The lowest BCUT2D eigenvalue weighted by molar-refractivity contribution is -0.0498. The van der Waals surface area contributed by atoms with E-state index in [4.69, 9.17) is 4.74 Å². The van der Waals surface area contributed by atoms with Gasteiger partial charge in [-0.3, -0.25) is 0 Å². The van der Waals surface area contributed by atoms with Crippen LogP contribution in [0.5, 0.6) is 5.75 Å². The van der Waals surface area contributed by atoms with Gasteiger partial charge in [-0.05, 0) is 37.0 Å². The van der Waals surface area contributed by atoms with Crippen molar-refractivity contribution in [1.82, 2.24) is 5.32 Å². The van der Waals surface area contributed by atoms with Crippen LogP contribution in [-0.2, 0) is 11.3 Å². The van der Waals surface area contributed by atoms with Crippen LogP contribution in [0, 0.1) is 0 Å². The van der Waals surface area contributed by atoms with Gasteiger partial charge in [-0.15, -0.1) is 0 Å². The Kier molecular flexibility index (Phi) is 3.66. The Morgan fingerprint density at radius 1 is 1.26 bits per heavy atom. The molecule has 0 aliphatic carbocycles. The predicted molar refractivity (Wildman–Crippen MR) is 66.2 cm³/mol. The van der Waals surface area contributed by atoms with Crippen LogP contribution in [0.15, 0.2) is 24.3 Å². The fourth-order valence-corrected chi connectivity index (χ4v) is 2.89. The minimum atomic E-state index is -2.77. The van der Waals surface area contributed by atoms with E-state index >= 15 is 0 Å². The van der Waals surface area contributed by atoms with Gasteiger partial charge in [0.15, 0.2) is 0 Å². The SMILES string of the molecule is FC(F)Oc1ccc(CNC2CC3CCC2O3)cc1. The molecule has 0 aromatic heterocycles. The van der Waals surface area contributed by atoms with Crippen LogP contribution in [0.4, 0.5) is 8.78 Å². The van der Waals surface area contributed by atoms with E-state index < -0.39 is 6.61 Å². The monoisotopic (exact) mass is 269 g/mol. The minimum Gasteiger partial charge on any atom is -0.435 e. The highest BCUT2D eigenvalue weighted by Gasteiger charge is 2.40. The summed E-state index contributed by atoms with van der Waals surface area (Å²) >= 11 is 0. The van der Waals surface area contributed by atoms with Crippen LogP contribution >= 0.6 is 0 Å². The maximum atomic E-state index is 12.0. The summed E-state index contributed by atoms with van der Waals surface area (Å²) in [5, 5.41) is 3.48. The van der Waals surface area contributed by atoms with Crippen LogP contribution in [-0.4, -0.2) is 24.9 Å². The second-order valence-corrected chi connectivity index (χ2v) is 5.12. The molecule has 2 heterocycles. The molecule has 3 unspecified atom stereocenters. The second-order valence-electron chi connectivity index (χ2n) is 5.12. The number of fused-ring (bicyclic) bond motifs is 2. The van der Waals surface area contributed by atoms with Gasteiger partial charge in [-0.2, -0.15) is 8.78 Å². The molecule has 104 valence electrons. The van der Waals surface area contributed by atoms with Gasteiger partial charge >= 0.3 is 6.61 Å². The van der Waals surface area contributed by atoms with Crippen molar-refractivity contribution in [3.05, 3.63) is 29.8 Å². The molecule has 2 bridgehead atoms. The number of hydrogen-bond acceptors (Lipinski definition) is 3. The number of nitrogens with one attached hydrogen (secondary N) is 1. The normalized spacial score (nSPS) is 29.1. The van der Waals surface area contributed by atoms with Gasteiger partial charge in [-0.1, -0.05) is 12.1 Å². The molecule has 3 nitrogen and oxygen atoms in total. The lowest BCUT2D eigenvalue weighted by atomic mass is 9.95. The summed E-state index contributed by atoms with van der Waals surface area (Å²) in [6.07, 6.45) is 4.19. The molecule has 0 amide bonds. The van der Waals surface area contributed by atoms with Gasteiger partial charge < -0.3 is 14.8 Å². The zero-order chi connectivity index (χ0) is 13.2. The standard InChI is InChI=1S/C14H17F2NO2/c15-14(16)19-10-3-1-9(2-4-10)8-17-12-7-11-5-6-13(12)18-11/h1-4,11-14,17H,5-8H2. The summed E-state index contributed by atoms with van der Waals surface area (Å²) in [5.74, 6) is 0.196. The van der Waals surface area contributed by atoms with Gasteiger partial charge in [-0.25, -0.2) is 0 Å². The molecule has 1 aromatic rings. The second kappa shape index (κ2) is 5.43. The van der Waals surface area contributed by atoms with Crippen LogP contribution in [0.2, 0.25) is 0 Å². The Balaban J connectivity index is 1.50. The maximum Gasteiger partial charge on any atom is 0.387 e. The smallest absolute Gasteiger partial charge is 0.387 e.